The summed E-state index contributed by atoms with van der Waals surface area (Å²) in [6.07, 6.45) is -1.07. The molecule has 1 N–H and O–H groups in total. The Balaban J connectivity index is 1.57. The number of nitrogens with zero attached hydrogens (tertiary/aromatic N) is 1. The zero-order valence-electron chi connectivity index (χ0n) is 29.2. The Morgan fingerprint density at radius 2 is 1.24 bits per heavy atom. The van der Waals surface area contributed by atoms with E-state index in [1.54, 1.807) is 18.7 Å². The first-order valence-corrected chi connectivity index (χ1v) is 17.7. The molecule has 2 atom stereocenters. The van der Waals surface area contributed by atoms with E-state index in [4.69, 9.17) is 19.2 Å². The van der Waals surface area contributed by atoms with Crippen molar-refractivity contribution in [2.24, 2.45) is 0 Å². The Morgan fingerprint density at radius 3 is 1.72 bits per heavy atom. The summed E-state index contributed by atoms with van der Waals surface area (Å²) < 4.78 is 16.3. The van der Waals surface area contributed by atoms with Gasteiger partial charge in [-0.3, -0.25) is 0 Å². The Kier molecular flexibility index (Phi) is 12.0. The van der Waals surface area contributed by atoms with E-state index in [-0.39, 0.29) is 0 Å². The number of carbonyl (C=O) groups is 2. The summed E-state index contributed by atoms with van der Waals surface area (Å²) in [5.41, 5.74) is 4.99. The van der Waals surface area contributed by atoms with Crippen LogP contribution in [-0.2, 0) is 25.4 Å². The zero-order chi connectivity index (χ0) is 35.6. The number of methoxy groups -OCH3 is 1. The summed E-state index contributed by atoms with van der Waals surface area (Å²) in [5.74, 6) is 0.274. The molecule has 7 nitrogen and oxygen atoms in total. The highest BCUT2D eigenvalue weighted by atomic mass is 32.2. The van der Waals surface area contributed by atoms with Crippen LogP contribution in [0.5, 0.6) is 5.88 Å². The van der Waals surface area contributed by atoms with Gasteiger partial charge in [-0.25, -0.2) is 14.6 Å². The monoisotopic (exact) mass is 688 g/mol. The number of benzene rings is 4. The van der Waals surface area contributed by atoms with Crippen molar-refractivity contribution in [2.45, 2.75) is 56.6 Å². The second kappa shape index (κ2) is 16.5. The summed E-state index contributed by atoms with van der Waals surface area (Å²) in [7, 11) is 1.33. The molecule has 0 aliphatic carbocycles. The molecule has 1 aromatic heterocycles. The number of hydrogen-bond acceptors (Lipinski definition) is 7. The maximum absolute atomic E-state index is 13.4. The lowest BCUT2D eigenvalue weighted by Gasteiger charge is -2.37. The molecule has 0 aliphatic rings. The Morgan fingerprint density at radius 1 is 0.740 bits per heavy atom. The third-order valence-electron chi connectivity index (χ3n) is 8.06. The van der Waals surface area contributed by atoms with Crippen molar-refractivity contribution < 1.29 is 23.8 Å². The van der Waals surface area contributed by atoms with Crippen LogP contribution in [0.3, 0.4) is 0 Å². The smallest absolute Gasteiger partial charge is 0.407 e. The second-order valence-corrected chi connectivity index (χ2v) is 14.2. The molecule has 1 amide bonds. The van der Waals surface area contributed by atoms with E-state index in [9.17, 15) is 9.59 Å². The third-order valence-corrected chi connectivity index (χ3v) is 9.77. The van der Waals surface area contributed by atoms with E-state index in [1.807, 2.05) is 81.4 Å². The average Bonchev–Trinajstić information content (AvgIpc) is 3.13. The molecule has 5 aromatic rings. The van der Waals surface area contributed by atoms with E-state index < -0.39 is 34.6 Å². The van der Waals surface area contributed by atoms with Crippen molar-refractivity contribution in [1.29, 1.82) is 0 Å². The molecule has 0 spiro atoms. The van der Waals surface area contributed by atoms with Gasteiger partial charge in [0.05, 0.1) is 17.6 Å². The molecule has 0 fully saturated rings. The Hall–Kier alpha value is -5.08. The summed E-state index contributed by atoms with van der Waals surface area (Å²) in [4.78, 5) is 30.7. The molecule has 8 heteroatoms. The molecule has 1 heterocycles. The van der Waals surface area contributed by atoms with Gasteiger partial charge in [0.15, 0.2) is 6.10 Å². The number of alkyl carbamates (subject to hydrolysis) is 1. The molecule has 50 heavy (non-hydrogen) atoms. The van der Waals surface area contributed by atoms with E-state index in [0.29, 0.717) is 23.7 Å². The lowest BCUT2D eigenvalue weighted by molar-refractivity contribution is -0.148. The third kappa shape index (κ3) is 9.12. The number of ether oxygens (including phenoxy) is 3. The number of rotatable bonds is 13. The van der Waals surface area contributed by atoms with Crippen molar-refractivity contribution in [2.75, 3.05) is 12.9 Å². The van der Waals surface area contributed by atoms with Crippen molar-refractivity contribution >= 4 is 23.8 Å². The van der Waals surface area contributed by atoms with Crippen molar-refractivity contribution in [1.82, 2.24) is 10.3 Å². The number of esters is 1. The minimum atomic E-state index is -0.897. The molecule has 0 radical (unpaired) electrons. The highest BCUT2D eigenvalue weighted by Crippen LogP contribution is 2.48. The minimum Gasteiger partial charge on any atom is -0.466 e. The van der Waals surface area contributed by atoms with Gasteiger partial charge < -0.3 is 19.5 Å². The van der Waals surface area contributed by atoms with Gasteiger partial charge in [0.25, 0.3) is 0 Å². The van der Waals surface area contributed by atoms with E-state index in [0.717, 1.165) is 27.8 Å². The second-order valence-electron chi connectivity index (χ2n) is 12.9. The molecule has 1 unspecified atom stereocenters. The number of nitrogens with one attached hydrogen (secondary N) is 1. The van der Waals surface area contributed by atoms with Crippen LogP contribution in [-0.4, -0.2) is 47.7 Å². The van der Waals surface area contributed by atoms with Gasteiger partial charge in [-0.15, -0.1) is 11.8 Å². The maximum atomic E-state index is 13.4. The standard InChI is InChI=1S/C42H44N2O5S/c1-30(39(45)47-5)48-38-32(26-27-37(44-38)31-18-10-6-11-19-31)28-36(43-40(46)49-41(2,3)4)29-50-42(33-20-12-7-13-21-33,34-22-14-8-15-23-34)35-24-16-9-17-25-35/h6-27,30,36H,28-29H2,1-5H3,(H,43,46)/t30-,36?/m1/s1. The van der Waals surface area contributed by atoms with Crippen LogP contribution >= 0.6 is 11.8 Å². The predicted octanol–water partition coefficient (Wildman–Crippen LogP) is 8.85. The fourth-order valence-corrected chi connectivity index (χ4v) is 7.32. The van der Waals surface area contributed by atoms with Gasteiger partial charge in [-0.1, -0.05) is 127 Å². The van der Waals surface area contributed by atoms with E-state index >= 15 is 0 Å². The van der Waals surface area contributed by atoms with E-state index in [2.05, 4.69) is 78.1 Å². The molecule has 0 saturated heterocycles. The molecule has 0 saturated carbocycles. The summed E-state index contributed by atoms with van der Waals surface area (Å²) in [6, 6.07) is 44.5. The van der Waals surface area contributed by atoms with Gasteiger partial charge in [-0.2, -0.15) is 0 Å². The van der Waals surface area contributed by atoms with Crippen LogP contribution in [0.2, 0.25) is 0 Å². The fourth-order valence-electron chi connectivity index (χ4n) is 5.76. The van der Waals surface area contributed by atoms with Crippen LogP contribution in [0.25, 0.3) is 11.3 Å². The summed E-state index contributed by atoms with van der Waals surface area (Å²) >= 11 is 1.74. The Bertz CT molecular complexity index is 1730. The molecule has 0 bridgehead atoms. The van der Waals surface area contributed by atoms with Crippen LogP contribution in [0.15, 0.2) is 133 Å². The van der Waals surface area contributed by atoms with Crippen molar-refractivity contribution in [3.63, 3.8) is 0 Å². The first kappa shape index (κ1) is 36.2. The summed E-state index contributed by atoms with van der Waals surface area (Å²) in [6.45, 7) is 7.16. The van der Waals surface area contributed by atoms with Crippen LogP contribution in [0, 0.1) is 0 Å². The highest BCUT2D eigenvalue weighted by molar-refractivity contribution is 8.00. The van der Waals surface area contributed by atoms with Gasteiger partial charge in [0, 0.05) is 22.9 Å². The van der Waals surface area contributed by atoms with Gasteiger partial charge in [0.2, 0.25) is 5.88 Å². The van der Waals surface area contributed by atoms with E-state index in [1.165, 1.54) is 7.11 Å². The van der Waals surface area contributed by atoms with Gasteiger partial charge in [0.1, 0.15) is 5.60 Å². The van der Waals surface area contributed by atoms with Crippen molar-refractivity contribution in [3.05, 3.63) is 156 Å². The average molecular weight is 689 g/mol. The SMILES string of the molecule is COC(=O)[C@@H](C)Oc1nc(-c2ccccc2)ccc1CC(CSC(c1ccccc1)(c1ccccc1)c1ccccc1)NC(=O)OC(C)(C)C. The highest BCUT2D eigenvalue weighted by Gasteiger charge is 2.38. The lowest BCUT2D eigenvalue weighted by atomic mass is 9.84. The molecule has 0 aliphatic heterocycles. The first-order chi connectivity index (χ1) is 24.1. The molecule has 4 aromatic carbocycles. The molecular formula is C42H44N2O5S. The largest absolute Gasteiger partial charge is 0.466 e. The number of thioether (sulfide) groups is 1. The number of aromatic nitrogens is 1. The van der Waals surface area contributed by atoms with Gasteiger partial charge >= 0.3 is 12.1 Å². The minimum absolute atomic E-state index is 0.297. The van der Waals surface area contributed by atoms with Gasteiger partial charge in [-0.05, 0) is 56.9 Å². The van der Waals surface area contributed by atoms with Crippen LogP contribution in [0.4, 0.5) is 4.79 Å². The molecule has 258 valence electrons. The Labute approximate surface area is 299 Å². The van der Waals surface area contributed by atoms with Crippen molar-refractivity contribution in [3.8, 4) is 17.1 Å². The maximum Gasteiger partial charge on any atom is 0.407 e. The molecular weight excluding hydrogens is 645 g/mol. The summed E-state index contributed by atoms with van der Waals surface area (Å²) in [5, 5.41) is 3.15. The predicted molar refractivity (Wildman–Crippen MR) is 200 cm³/mol. The lowest BCUT2D eigenvalue weighted by Crippen LogP contribution is -2.42. The zero-order valence-corrected chi connectivity index (χ0v) is 30.0. The molecule has 5 rings (SSSR count). The number of pyridine rings is 1. The normalized spacial score (nSPS) is 12.7. The number of amides is 1. The van der Waals surface area contributed by atoms with Crippen LogP contribution < -0.4 is 10.1 Å². The fraction of sp³-hybridized carbons (Fsp3) is 0.262. The quantitative estimate of drug-likeness (QED) is 0.0977. The number of carbonyl (C=O) groups excluding carboxylic acids is 2. The first-order valence-electron chi connectivity index (χ1n) is 16.7. The number of hydrogen-bond donors (Lipinski definition) is 1. The van der Waals surface area contributed by atoms with Crippen LogP contribution in [0.1, 0.15) is 49.9 Å². The topological polar surface area (TPSA) is 86.8 Å².